The molecule has 0 bridgehead atoms. The highest BCUT2D eigenvalue weighted by Crippen LogP contribution is 2.14. The zero-order valence-electron chi connectivity index (χ0n) is 8.95. The number of benzene rings is 1. The quantitative estimate of drug-likeness (QED) is 0.794. The van der Waals surface area contributed by atoms with E-state index in [9.17, 15) is 8.42 Å². The van der Waals surface area contributed by atoms with Crippen LogP contribution in [0.4, 0.5) is 0 Å². The van der Waals surface area contributed by atoms with Gasteiger partial charge in [-0.15, -0.1) is 6.58 Å². The van der Waals surface area contributed by atoms with Crippen molar-refractivity contribution < 1.29 is 8.42 Å². The predicted octanol–water partition coefficient (Wildman–Crippen LogP) is 1.77. The van der Waals surface area contributed by atoms with Gasteiger partial charge in [0, 0.05) is 6.54 Å². The second kappa shape index (κ2) is 4.59. The van der Waals surface area contributed by atoms with E-state index in [1.165, 1.54) is 6.08 Å². The van der Waals surface area contributed by atoms with Crippen molar-refractivity contribution in [2.45, 2.75) is 18.7 Å². The average Bonchev–Trinajstić information content (AvgIpc) is 2.19. The van der Waals surface area contributed by atoms with Gasteiger partial charge in [-0.1, -0.05) is 12.1 Å². The highest BCUT2D eigenvalue weighted by molar-refractivity contribution is 7.89. The summed E-state index contributed by atoms with van der Waals surface area (Å²) in [5.74, 6) is 0. The van der Waals surface area contributed by atoms with Crippen LogP contribution < -0.4 is 4.72 Å². The molecule has 0 saturated carbocycles. The topological polar surface area (TPSA) is 46.2 Å². The van der Waals surface area contributed by atoms with E-state index < -0.39 is 10.0 Å². The molecule has 1 rings (SSSR count). The maximum Gasteiger partial charge on any atom is 0.240 e. The lowest BCUT2D eigenvalue weighted by Crippen LogP contribution is -2.23. The summed E-state index contributed by atoms with van der Waals surface area (Å²) >= 11 is 0. The maximum absolute atomic E-state index is 11.7. The Morgan fingerprint density at radius 3 is 2.53 bits per heavy atom. The fraction of sp³-hybridized carbons (Fsp3) is 0.273. The molecular weight excluding hydrogens is 210 g/mol. The molecule has 4 heteroatoms. The summed E-state index contributed by atoms with van der Waals surface area (Å²) in [6.45, 7) is 7.55. The van der Waals surface area contributed by atoms with Gasteiger partial charge in [-0.3, -0.25) is 0 Å². The van der Waals surface area contributed by atoms with Crippen LogP contribution in [0.15, 0.2) is 35.7 Å². The summed E-state index contributed by atoms with van der Waals surface area (Å²) < 4.78 is 25.8. The van der Waals surface area contributed by atoms with Crippen LogP contribution in [-0.2, 0) is 10.0 Å². The fourth-order valence-electron chi connectivity index (χ4n) is 1.13. The SMILES string of the molecule is C=CCNS(=O)(=O)c1ccc(C)c(C)c1. The molecule has 0 atom stereocenters. The number of hydrogen-bond donors (Lipinski definition) is 1. The molecule has 1 aromatic carbocycles. The van der Waals surface area contributed by atoms with Gasteiger partial charge < -0.3 is 0 Å². The van der Waals surface area contributed by atoms with Gasteiger partial charge in [-0.2, -0.15) is 0 Å². The fourth-order valence-corrected chi connectivity index (χ4v) is 2.22. The standard InChI is InChI=1S/C11H15NO2S/c1-4-7-12-15(13,14)11-6-5-9(2)10(3)8-11/h4-6,8,12H,1,7H2,2-3H3. The Labute approximate surface area is 90.9 Å². The summed E-state index contributed by atoms with van der Waals surface area (Å²) in [6, 6.07) is 5.08. The summed E-state index contributed by atoms with van der Waals surface area (Å²) in [6.07, 6.45) is 1.51. The van der Waals surface area contributed by atoms with Gasteiger partial charge in [0.2, 0.25) is 10.0 Å². The van der Waals surface area contributed by atoms with Crippen LogP contribution in [-0.4, -0.2) is 15.0 Å². The first-order valence-electron chi connectivity index (χ1n) is 4.65. The van der Waals surface area contributed by atoms with Crippen molar-refractivity contribution in [2.75, 3.05) is 6.54 Å². The highest BCUT2D eigenvalue weighted by atomic mass is 32.2. The first-order chi connectivity index (χ1) is 6.97. The zero-order chi connectivity index (χ0) is 11.5. The first kappa shape index (κ1) is 11.9. The van der Waals surface area contributed by atoms with E-state index in [-0.39, 0.29) is 6.54 Å². The third-order valence-corrected chi connectivity index (χ3v) is 3.63. The summed E-state index contributed by atoms with van der Waals surface area (Å²) in [4.78, 5) is 0.299. The second-order valence-electron chi connectivity index (χ2n) is 3.39. The molecule has 0 aromatic heterocycles. The number of hydrogen-bond acceptors (Lipinski definition) is 2. The van der Waals surface area contributed by atoms with E-state index in [1.54, 1.807) is 18.2 Å². The highest BCUT2D eigenvalue weighted by Gasteiger charge is 2.12. The normalized spacial score (nSPS) is 11.3. The third-order valence-electron chi connectivity index (χ3n) is 2.21. The zero-order valence-corrected chi connectivity index (χ0v) is 9.76. The number of nitrogens with one attached hydrogen (secondary N) is 1. The van der Waals surface area contributed by atoms with Crippen molar-refractivity contribution in [3.8, 4) is 0 Å². The Morgan fingerprint density at radius 2 is 2.00 bits per heavy atom. The molecule has 1 aromatic rings. The molecule has 0 radical (unpaired) electrons. The Balaban J connectivity index is 3.05. The maximum atomic E-state index is 11.7. The van der Waals surface area contributed by atoms with Crippen molar-refractivity contribution >= 4 is 10.0 Å². The predicted molar refractivity (Wildman–Crippen MR) is 61.3 cm³/mol. The van der Waals surface area contributed by atoms with E-state index in [0.29, 0.717) is 4.90 Å². The molecular formula is C11H15NO2S. The van der Waals surface area contributed by atoms with Crippen LogP contribution in [0, 0.1) is 13.8 Å². The first-order valence-corrected chi connectivity index (χ1v) is 6.13. The Kier molecular flexibility index (Phi) is 3.66. The van der Waals surface area contributed by atoms with E-state index in [2.05, 4.69) is 11.3 Å². The van der Waals surface area contributed by atoms with Gasteiger partial charge in [-0.25, -0.2) is 13.1 Å². The minimum Gasteiger partial charge on any atom is -0.207 e. The smallest absolute Gasteiger partial charge is 0.207 e. The average molecular weight is 225 g/mol. The molecule has 0 amide bonds. The van der Waals surface area contributed by atoms with Crippen LogP contribution in [0.25, 0.3) is 0 Å². The van der Waals surface area contributed by atoms with Crippen molar-refractivity contribution in [1.82, 2.24) is 4.72 Å². The molecule has 3 nitrogen and oxygen atoms in total. The van der Waals surface area contributed by atoms with E-state index in [1.807, 2.05) is 13.8 Å². The molecule has 0 fully saturated rings. The van der Waals surface area contributed by atoms with Crippen molar-refractivity contribution in [3.63, 3.8) is 0 Å². The van der Waals surface area contributed by atoms with Gasteiger partial charge in [0.05, 0.1) is 4.90 Å². The molecule has 0 aliphatic rings. The summed E-state index contributed by atoms with van der Waals surface area (Å²) in [5, 5.41) is 0. The van der Waals surface area contributed by atoms with E-state index in [0.717, 1.165) is 11.1 Å². The van der Waals surface area contributed by atoms with Crippen molar-refractivity contribution in [3.05, 3.63) is 42.0 Å². The molecule has 0 unspecified atom stereocenters. The minimum atomic E-state index is -3.38. The molecule has 0 spiro atoms. The number of aryl methyl sites for hydroxylation is 2. The molecule has 0 aliphatic carbocycles. The van der Waals surface area contributed by atoms with Gasteiger partial charge >= 0.3 is 0 Å². The Hall–Kier alpha value is -1.13. The van der Waals surface area contributed by atoms with Crippen molar-refractivity contribution in [2.24, 2.45) is 0 Å². The molecule has 82 valence electrons. The Bertz CT molecular complexity index is 463. The monoisotopic (exact) mass is 225 g/mol. The van der Waals surface area contributed by atoms with Crippen LogP contribution in [0.3, 0.4) is 0 Å². The van der Waals surface area contributed by atoms with Gasteiger partial charge in [0.25, 0.3) is 0 Å². The van der Waals surface area contributed by atoms with Gasteiger partial charge in [-0.05, 0) is 37.1 Å². The van der Waals surface area contributed by atoms with Crippen LogP contribution in [0.1, 0.15) is 11.1 Å². The van der Waals surface area contributed by atoms with Gasteiger partial charge in [0.15, 0.2) is 0 Å². The van der Waals surface area contributed by atoms with E-state index >= 15 is 0 Å². The molecule has 1 N–H and O–H groups in total. The summed E-state index contributed by atoms with van der Waals surface area (Å²) in [5.41, 5.74) is 2.05. The largest absolute Gasteiger partial charge is 0.240 e. The lowest BCUT2D eigenvalue weighted by Gasteiger charge is -2.06. The molecule has 15 heavy (non-hydrogen) atoms. The Morgan fingerprint density at radius 1 is 1.33 bits per heavy atom. The lowest BCUT2D eigenvalue weighted by molar-refractivity contribution is 0.585. The van der Waals surface area contributed by atoms with Crippen LogP contribution in [0.2, 0.25) is 0 Å². The second-order valence-corrected chi connectivity index (χ2v) is 5.15. The minimum absolute atomic E-state index is 0.245. The van der Waals surface area contributed by atoms with Crippen molar-refractivity contribution in [1.29, 1.82) is 0 Å². The van der Waals surface area contributed by atoms with Crippen LogP contribution >= 0.6 is 0 Å². The van der Waals surface area contributed by atoms with Gasteiger partial charge in [0.1, 0.15) is 0 Å². The lowest BCUT2D eigenvalue weighted by atomic mass is 10.1. The summed E-state index contributed by atoms with van der Waals surface area (Å²) in [7, 11) is -3.38. The number of sulfonamides is 1. The van der Waals surface area contributed by atoms with Crippen LogP contribution in [0.5, 0.6) is 0 Å². The molecule has 0 heterocycles. The van der Waals surface area contributed by atoms with E-state index in [4.69, 9.17) is 0 Å². The molecule has 0 saturated heterocycles. The molecule has 0 aliphatic heterocycles. The number of rotatable bonds is 4. The third kappa shape index (κ3) is 2.91.